The molecule has 0 aliphatic rings. The Morgan fingerprint density at radius 3 is 1.09 bits per heavy atom. The van der Waals surface area contributed by atoms with Crippen LogP contribution in [0.2, 0.25) is 0 Å². The van der Waals surface area contributed by atoms with Gasteiger partial charge in [-0.25, -0.2) is 0 Å². The molecule has 384 valence electrons. The number of hydrogen-bond acceptors (Lipinski definition) is 5. The number of aliphatic hydroxyl groups excluding tert-OH is 2. The molecule has 6 heteroatoms. The molecule has 1 amide bonds. The Morgan fingerprint density at radius 2 is 0.723 bits per heavy atom. The molecule has 6 nitrogen and oxygen atoms in total. The van der Waals surface area contributed by atoms with Crippen molar-refractivity contribution in [1.82, 2.24) is 5.32 Å². The summed E-state index contributed by atoms with van der Waals surface area (Å²) in [5, 5.41) is 23.0. The van der Waals surface area contributed by atoms with Gasteiger partial charge >= 0.3 is 5.97 Å². The molecule has 3 N–H and O–H groups in total. The van der Waals surface area contributed by atoms with E-state index in [0.29, 0.717) is 19.4 Å². The third-order valence-electron chi connectivity index (χ3n) is 13.5. The Kier molecular flexibility index (Phi) is 53.5. The molecule has 0 aromatic heterocycles. The van der Waals surface area contributed by atoms with E-state index in [0.717, 1.165) is 44.9 Å². The molecule has 0 saturated heterocycles. The minimum Gasteiger partial charge on any atom is -0.466 e. The number of hydrogen-bond donors (Lipinski definition) is 3. The maximum atomic E-state index is 12.4. The molecule has 2 unspecified atom stereocenters. The van der Waals surface area contributed by atoms with Gasteiger partial charge in [0.05, 0.1) is 25.4 Å². The average molecular weight is 917 g/mol. The van der Waals surface area contributed by atoms with E-state index in [-0.39, 0.29) is 18.5 Å². The molecular weight excluding hydrogens is 803 g/mol. The zero-order valence-corrected chi connectivity index (χ0v) is 43.7. The van der Waals surface area contributed by atoms with Gasteiger partial charge in [0.25, 0.3) is 0 Å². The molecule has 0 fully saturated rings. The zero-order valence-electron chi connectivity index (χ0n) is 43.7. The van der Waals surface area contributed by atoms with Crippen molar-refractivity contribution in [3.8, 4) is 0 Å². The number of carbonyl (C=O) groups is 2. The highest BCUT2D eigenvalue weighted by Crippen LogP contribution is 2.17. The minimum absolute atomic E-state index is 0.0132. The average Bonchev–Trinajstić information content (AvgIpc) is 3.31. The SMILES string of the molecule is CCCCCCCCCCC/C=C/C(O)C(CO)NC(=O)CCCCCCCCC/C=C\CCCCCCCCCCCCCCOC(=O)CCCCCCCCCCCCCCCC. The van der Waals surface area contributed by atoms with Crippen LogP contribution in [0.3, 0.4) is 0 Å². The molecule has 0 saturated carbocycles. The fourth-order valence-corrected chi connectivity index (χ4v) is 8.98. The fourth-order valence-electron chi connectivity index (χ4n) is 8.98. The first-order valence-corrected chi connectivity index (χ1v) is 29.1. The molecule has 0 radical (unpaired) electrons. The van der Waals surface area contributed by atoms with E-state index in [2.05, 4.69) is 31.3 Å². The summed E-state index contributed by atoms with van der Waals surface area (Å²) in [6.45, 7) is 4.90. The van der Waals surface area contributed by atoms with Crippen molar-refractivity contribution in [2.24, 2.45) is 0 Å². The molecule has 0 spiro atoms. The molecule has 0 aromatic rings. The predicted molar refractivity (Wildman–Crippen MR) is 283 cm³/mol. The Hall–Kier alpha value is -1.66. The second-order valence-corrected chi connectivity index (χ2v) is 20.0. The number of esters is 1. The molecule has 0 aliphatic carbocycles. The van der Waals surface area contributed by atoms with E-state index in [4.69, 9.17) is 4.74 Å². The monoisotopic (exact) mass is 916 g/mol. The molecule has 0 aromatic carbocycles. The summed E-state index contributed by atoms with van der Waals surface area (Å²) >= 11 is 0. The van der Waals surface area contributed by atoms with Crippen LogP contribution in [0.1, 0.15) is 316 Å². The molecule has 2 atom stereocenters. The van der Waals surface area contributed by atoms with Gasteiger partial charge in [-0.15, -0.1) is 0 Å². The van der Waals surface area contributed by atoms with Crippen LogP contribution < -0.4 is 5.32 Å². The lowest BCUT2D eigenvalue weighted by Crippen LogP contribution is -2.45. The quantitative estimate of drug-likeness (QED) is 0.0321. The molecule has 0 aliphatic heterocycles. The van der Waals surface area contributed by atoms with Crippen LogP contribution in [0.4, 0.5) is 0 Å². The van der Waals surface area contributed by atoms with Gasteiger partial charge in [0.15, 0.2) is 0 Å². The van der Waals surface area contributed by atoms with Crippen molar-refractivity contribution in [1.29, 1.82) is 0 Å². The van der Waals surface area contributed by atoms with Crippen molar-refractivity contribution in [3.63, 3.8) is 0 Å². The van der Waals surface area contributed by atoms with E-state index >= 15 is 0 Å². The number of allylic oxidation sites excluding steroid dienone is 3. The minimum atomic E-state index is -0.846. The van der Waals surface area contributed by atoms with Gasteiger partial charge in [-0.1, -0.05) is 269 Å². The van der Waals surface area contributed by atoms with Crippen molar-refractivity contribution in [3.05, 3.63) is 24.3 Å². The van der Waals surface area contributed by atoms with Crippen LogP contribution in [-0.4, -0.2) is 47.4 Å². The molecule has 0 bridgehead atoms. The van der Waals surface area contributed by atoms with E-state index in [9.17, 15) is 19.8 Å². The topological polar surface area (TPSA) is 95.9 Å². The zero-order chi connectivity index (χ0) is 47.2. The number of amides is 1. The van der Waals surface area contributed by atoms with Gasteiger partial charge in [0, 0.05) is 12.8 Å². The second kappa shape index (κ2) is 54.9. The highest BCUT2D eigenvalue weighted by molar-refractivity contribution is 5.76. The normalized spacial score (nSPS) is 12.7. The van der Waals surface area contributed by atoms with Gasteiger partial charge in [-0.3, -0.25) is 9.59 Å². The van der Waals surface area contributed by atoms with Crippen molar-refractivity contribution in [2.45, 2.75) is 328 Å². The third-order valence-corrected chi connectivity index (χ3v) is 13.5. The molecule has 0 heterocycles. The van der Waals surface area contributed by atoms with E-state index < -0.39 is 12.1 Å². The van der Waals surface area contributed by atoms with Gasteiger partial charge in [0.1, 0.15) is 0 Å². The second-order valence-electron chi connectivity index (χ2n) is 20.0. The number of aliphatic hydroxyl groups is 2. The van der Waals surface area contributed by atoms with E-state index in [1.165, 1.54) is 244 Å². The van der Waals surface area contributed by atoms with Crippen LogP contribution in [-0.2, 0) is 14.3 Å². The number of nitrogens with one attached hydrogen (secondary N) is 1. The number of rotatable bonds is 54. The lowest BCUT2D eigenvalue weighted by atomic mass is 10.0. The van der Waals surface area contributed by atoms with Crippen LogP contribution >= 0.6 is 0 Å². The van der Waals surface area contributed by atoms with Crippen molar-refractivity contribution in [2.75, 3.05) is 13.2 Å². The molecular formula is C59H113NO5. The standard InChI is InChI=1S/C59H113NO5/c1-3-5-7-9-11-13-15-16-29-33-37-41-45-49-53-59(64)65-54-50-46-42-38-34-30-27-25-23-21-19-17-18-20-22-24-26-28-32-36-40-44-48-52-58(63)60-56(55-61)57(62)51-47-43-39-35-31-14-12-10-8-6-4-2/h20,22,47,51,56-57,61-62H,3-19,21,23-46,48-50,52-55H2,1-2H3,(H,60,63)/b22-20-,51-47+. The maximum absolute atomic E-state index is 12.4. The summed E-state index contributed by atoms with van der Waals surface area (Å²) in [5.41, 5.74) is 0. The number of unbranched alkanes of at least 4 members (excludes halogenated alkanes) is 41. The summed E-state index contributed by atoms with van der Waals surface area (Å²) in [4.78, 5) is 24.4. The summed E-state index contributed by atoms with van der Waals surface area (Å²) in [6.07, 6.45) is 66.4. The van der Waals surface area contributed by atoms with Gasteiger partial charge < -0.3 is 20.3 Å². The first-order chi connectivity index (χ1) is 32.0. The highest BCUT2D eigenvalue weighted by atomic mass is 16.5. The number of ether oxygens (including phenoxy) is 1. The Labute approximate surface area is 405 Å². The fraction of sp³-hybridized carbons (Fsp3) is 0.898. The largest absolute Gasteiger partial charge is 0.466 e. The summed E-state index contributed by atoms with van der Waals surface area (Å²) in [5.74, 6) is -0.0619. The van der Waals surface area contributed by atoms with E-state index in [1.54, 1.807) is 6.08 Å². The first-order valence-electron chi connectivity index (χ1n) is 29.1. The molecule has 0 rings (SSSR count). The predicted octanol–water partition coefficient (Wildman–Crippen LogP) is 17.9. The lowest BCUT2D eigenvalue weighted by Gasteiger charge is -2.20. The highest BCUT2D eigenvalue weighted by Gasteiger charge is 2.18. The van der Waals surface area contributed by atoms with Crippen molar-refractivity contribution < 1.29 is 24.5 Å². The summed E-state index contributed by atoms with van der Waals surface area (Å²) in [7, 11) is 0. The van der Waals surface area contributed by atoms with Gasteiger partial charge in [-0.2, -0.15) is 0 Å². The summed E-state index contributed by atoms with van der Waals surface area (Å²) in [6, 6.07) is -0.630. The van der Waals surface area contributed by atoms with Crippen LogP contribution in [0, 0.1) is 0 Å². The Bertz CT molecular complexity index is 1010. The Balaban J connectivity index is 3.40. The van der Waals surface area contributed by atoms with Crippen LogP contribution in [0.15, 0.2) is 24.3 Å². The summed E-state index contributed by atoms with van der Waals surface area (Å²) < 4.78 is 5.48. The first kappa shape index (κ1) is 63.3. The third kappa shape index (κ3) is 51.6. The van der Waals surface area contributed by atoms with Crippen LogP contribution in [0.25, 0.3) is 0 Å². The van der Waals surface area contributed by atoms with Crippen molar-refractivity contribution >= 4 is 11.9 Å². The number of carbonyl (C=O) groups excluding carboxylic acids is 2. The van der Waals surface area contributed by atoms with Gasteiger partial charge in [0.2, 0.25) is 5.91 Å². The maximum Gasteiger partial charge on any atom is 0.305 e. The van der Waals surface area contributed by atoms with E-state index in [1.807, 2.05) is 6.08 Å². The lowest BCUT2D eigenvalue weighted by molar-refractivity contribution is -0.143. The smallest absolute Gasteiger partial charge is 0.305 e. The molecule has 65 heavy (non-hydrogen) atoms. The Morgan fingerprint density at radius 1 is 0.415 bits per heavy atom. The van der Waals surface area contributed by atoms with Gasteiger partial charge in [-0.05, 0) is 57.8 Å². The van der Waals surface area contributed by atoms with Crippen LogP contribution in [0.5, 0.6) is 0 Å².